The summed E-state index contributed by atoms with van der Waals surface area (Å²) in [6.45, 7) is 0. The Morgan fingerprint density at radius 2 is 1.28 bits per heavy atom. The zero-order valence-corrected chi connectivity index (χ0v) is 10.6. The van der Waals surface area contributed by atoms with Gasteiger partial charge in [-0.3, -0.25) is 0 Å². The van der Waals surface area contributed by atoms with Crippen molar-refractivity contribution < 1.29 is 0 Å². The van der Waals surface area contributed by atoms with Gasteiger partial charge in [-0.15, -0.1) is 11.3 Å². The lowest BCUT2D eigenvalue weighted by Gasteiger charge is -2.23. The molecule has 0 unspecified atom stereocenters. The molecule has 0 atom stereocenters. The minimum atomic E-state index is 1.15. The Hall–Kier alpha value is -2.06. The van der Waals surface area contributed by atoms with Gasteiger partial charge in [-0.05, 0) is 30.3 Å². The van der Waals surface area contributed by atoms with Crippen molar-refractivity contribution in [2.75, 3.05) is 4.90 Å². The molecule has 0 bridgehead atoms. The van der Waals surface area contributed by atoms with Crippen molar-refractivity contribution in [3.8, 4) is 0 Å². The molecule has 1 aromatic heterocycles. The van der Waals surface area contributed by atoms with Gasteiger partial charge < -0.3 is 4.90 Å². The second-order valence-electron chi connectivity index (χ2n) is 3.93. The molecule has 0 fully saturated rings. The predicted molar refractivity (Wildman–Crippen MR) is 77.8 cm³/mol. The smallest absolute Gasteiger partial charge is 0.0575 e. The molecular formula is C16H12NS. The van der Waals surface area contributed by atoms with Crippen LogP contribution in [0, 0.1) is 5.38 Å². The highest BCUT2D eigenvalue weighted by atomic mass is 32.1. The van der Waals surface area contributed by atoms with Gasteiger partial charge in [0.15, 0.2) is 0 Å². The molecule has 1 radical (unpaired) electrons. The van der Waals surface area contributed by atoms with E-state index in [0.29, 0.717) is 0 Å². The third-order valence-electron chi connectivity index (χ3n) is 2.74. The number of nitrogens with zero attached hydrogens (tertiary/aromatic N) is 1. The van der Waals surface area contributed by atoms with Crippen LogP contribution in [0.3, 0.4) is 0 Å². The largest absolute Gasteiger partial charge is 0.310 e. The second kappa shape index (κ2) is 5.07. The van der Waals surface area contributed by atoms with E-state index >= 15 is 0 Å². The summed E-state index contributed by atoms with van der Waals surface area (Å²) >= 11 is 1.59. The van der Waals surface area contributed by atoms with E-state index in [4.69, 9.17) is 0 Å². The molecule has 0 saturated carbocycles. The highest BCUT2D eigenvalue weighted by molar-refractivity contribution is 7.07. The molecule has 2 aromatic carbocycles. The van der Waals surface area contributed by atoms with E-state index in [1.807, 2.05) is 18.2 Å². The van der Waals surface area contributed by atoms with Crippen LogP contribution in [0.15, 0.2) is 72.1 Å². The molecule has 1 heterocycles. The number of benzene rings is 2. The minimum Gasteiger partial charge on any atom is -0.310 e. The van der Waals surface area contributed by atoms with E-state index in [1.54, 1.807) is 11.3 Å². The average molecular weight is 250 g/mol. The number of para-hydroxylation sites is 2. The van der Waals surface area contributed by atoms with Crippen LogP contribution >= 0.6 is 11.3 Å². The van der Waals surface area contributed by atoms with Gasteiger partial charge >= 0.3 is 0 Å². The molecule has 0 N–H and O–H groups in total. The van der Waals surface area contributed by atoms with Crippen LogP contribution in [0.5, 0.6) is 0 Å². The first kappa shape index (κ1) is 11.1. The molecule has 3 aromatic rings. The summed E-state index contributed by atoms with van der Waals surface area (Å²) in [6.07, 6.45) is 0. The zero-order chi connectivity index (χ0) is 12.2. The molecule has 1 nitrogen and oxygen atoms in total. The molecule has 0 saturated heterocycles. The first-order valence-corrected chi connectivity index (χ1v) is 6.68. The molecule has 0 aliphatic rings. The first-order valence-electron chi connectivity index (χ1n) is 5.80. The number of rotatable bonds is 3. The zero-order valence-electron chi connectivity index (χ0n) is 9.78. The summed E-state index contributed by atoms with van der Waals surface area (Å²) in [7, 11) is 0. The molecule has 18 heavy (non-hydrogen) atoms. The molecule has 87 valence electrons. The predicted octanol–water partition coefficient (Wildman–Crippen LogP) is 5.02. The van der Waals surface area contributed by atoms with Crippen LogP contribution in [-0.4, -0.2) is 0 Å². The lowest BCUT2D eigenvalue weighted by Crippen LogP contribution is -2.08. The fourth-order valence-electron chi connectivity index (χ4n) is 1.94. The summed E-state index contributed by atoms with van der Waals surface area (Å²) in [5.41, 5.74) is 3.48. The summed E-state index contributed by atoms with van der Waals surface area (Å²) in [5.74, 6) is 0. The molecule has 2 heteroatoms. The number of hydrogen-bond acceptors (Lipinski definition) is 2. The Morgan fingerprint density at radius 3 is 1.72 bits per heavy atom. The van der Waals surface area contributed by atoms with Gasteiger partial charge in [0.1, 0.15) is 0 Å². The first-order chi connectivity index (χ1) is 8.95. The third kappa shape index (κ3) is 2.15. The van der Waals surface area contributed by atoms with Crippen molar-refractivity contribution in [1.82, 2.24) is 0 Å². The van der Waals surface area contributed by atoms with E-state index in [1.165, 1.54) is 0 Å². The summed E-state index contributed by atoms with van der Waals surface area (Å²) in [5, 5.41) is 5.26. The normalized spacial score (nSPS) is 10.2. The maximum absolute atomic E-state index is 3.15. The van der Waals surface area contributed by atoms with E-state index in [-0.39, 0.29) is 0 Å². The van der Waals surface area contributed by atoms with Gasteiger partial charge in [-0.25, -0.2) is 0 Å². The molecule has 0 aliphatic carbocycles. The van der Waals surface area contributed by atoms with Gasteiger partial charge in [-0.2, -0.15) is 0 Å². The molecular weight excluding hydrogens is 238 g/mol. The third-order valence-corrected chi connectivity index (χ3v) is 3.35. The molecule has 0 amide bonds. The monoisotopic (exact) mass is 250 g/mol. The van der Waals surface area contributed by atoms with Gasteiger partial charge in [0.05, 0.1) is 5.69 Å². The van der Waals surface area contributed by atoms with Gasteiger partial charge in [0.2, 0.25) is 0 Å². The van der Waals surface area contributed by atoms with E-state index in [0.717, 1.165) is 17.1 Å². The lowest BCUT2D eigenvalue weighted by atomic mass is 10.2. The van der Waals surface area contributed by atoms with Crippen LogP contribution in [0.2, 0.25) is 0 Å². The van der Waals surface area contributed by atoms with Crippen LogP contribution in [0.1, 0.15) is 0 Å². The summed E-state index contributed by atoms with van der Waals surface area (Å²) in [4.78, 5) is 2.23. The number of anilines is 3. The van der Waals surface area contributed by atoms with Crippen molar-refractivity contribution >= 4 is 28.4 Å². The van der Waals surface area contributed by atoms with Crippen LogP contribution < -0.4 is 4.90 Å². The van der Waals surface area contributed by atoms with Crippen molar-refractivity contribution in [2.45, 2.75) is 0 Å². The SMILES string of the molecule is [c]1cc(N(c2ccccc2)c2ccccc2)cs1. The Labute approximate surface area is 111 Å². The Kier molecular flexibility index (Phi) is 3.11. The summed E-state index contributed by atoms with van der Waals surface area (Å²) in [6, 6.07) is 22.8. The fourth-order valence-corrected chi connectivity index (χ4v) is 2.49. The Morgan fingerprint density at radius 1 is 0.722 bits per heavy atom. The molecule has 0 spiro atoms. The second-order valence-corrected chi connectivity index (χ2v) is 4.64. The molecule has 3 rings (SSSR count). The lowest BCUT2D eigenvalue weighted by molar-refractivity contribution is 1.30. The highest BCUT2D eigenvalue weighted by Crippen LogP contribution is 2.34. The quantitative estimate of drug-likeness (QED) is 0.631. The average Bonchev–Trinajstić information content (AvgIpc) is 2.95. The van der Waals surface area contributed by atoms with Crippen LogP contribution in [-0.2, 0) is 0 Å². The number of thiophene rings is 1. The van der Waals surface area contributed by atoms with Crippen LogP contribution in [0.25, 0.3) is 0 Å². The van der Waals surface area contributed by atoms with Gasteiger partial charge in [0, 0.05) is 22.1 Å². The fraction of sp³-hybridized carbons (Fsp3) is 0. The van der Waals surface area contributed by atoms with E-state index in [2.05, 4.69) is 64.2 Å². The summed E-state index contributed by atoms with van der Waals surface area (Å²) < 4.78 is 0. The maximum Gasteiger partial charge on any atom is 0.0575 e. The van der Waals surface area contributed by atoms with Crippen molar-refractivity contribution in [3.63, 3.8) is 0 Å². The standard InChI is InChI=1S/C16H12NS/c1-3-7-14(8-4-1)17(16-11-12-18-13-16)15-9-5-2-6-10-15/h1-11,13H. The van der Waals surface area contributed by atoms with E-state index < -0.39 is 0 Å². The van der Waals surface area contributed by atoms with Crippen molar-refractivity contribution in [3.05, 3.63) is 77.5 Å². The maximum atomic E-state index is 3.15. The Bertz CT molecular complexity index is 548. The van der Waals surface area contributed by atoms with Gasteiger partial charge in [-0.1, -0.05) is 36.4 Å². The topological polar surface area (TPSA) is 3.24 Å². The van der Waals surface area contributed by atoms with E-state index in [9.17, 15) is 0 Å². The number of hydrogen-bond donors (Lipinski definition) is 0. The van der Waals surface area contributed by atoms with Gasteiger partial charge in [0.25, 0.3) is 0 Å². The highest BCUT2D eigenvalue weighted by Gasteiger charge is 2.11. The van der Waals surface area contributed by atoms with Crippen molar-refractivity contribution in [2.24, 2.45) is 0 Å². The van der Waals surface area contributed by atoms with Crippen LogP contribution in [0.4, 0.5) is 17.1 Å². The minimum absolute atomic E-state index is 1.15. The Balaban J connectivity index is 2.11. The molecule has 0 aliphatic heterocycles. The van der Waals surface area contributed by atoms with Crippen molar-refractivity contribution in [1.29, 1.82) is 0 Å².